The summed E-state index contributed by atoms with van der Waals surface area (Å²) in [6.45, 7) is 1.77. The van der Waals surface area contributed by atoms with Crippen molar-refractivity contribution in [3.05, 3.63) is 70.3 Å². The Morgan fingerprint density at radius 3 is 2.56 bits per heavy atom. The lowest BCUT2D eigenvalue weighted by atomic mass is 10.1. The van der Waals surface area contributed by atoms with E-state index in [0.29, 0.717) is 33.7 Å². The van der Waals surface area contributed by atoms with Gasteiger partial charge in [-0.1, -0.05) is 17.7 Å². The fourth-order valence-electron chi connectivity index (χ4n) is 2.31. The van der Waals surface area contributed by atoms with Crippen LogP contribution in [-0.2, 0) is 6.42 Å². The van der Waals surface area contributed by atoms with Crippen molar-refractivity contribution in [2.45, 2.75) is 13.3 Å². The lowest BCUT2D eigenvalue weighted by Crippen LogP contribution is -2.06. The molecule has 3 aromatic rings. The molecule has 0 fully saturated rings. The molecule has 2 N–H and O–H groups in total. The number of hydrogen-bond donors (Lipinski definition) is 2. The summed E-state index contributed by atoms with van der Waals surface area (Å²) in [6.07, 6.45) is 0.289. The molecule has 1 heterocycles. The van der Waals surface area contributed by atoms with E-state index in [0.717, 1.165) is 5.69 Å². The van der Waals surface area contributed by atoms with Gasteiger partial charge in [-0.15, -0.1) is 0 Å². The van der Waals surface area contributed by atoms with Crippen LogP contribution in [0.5, 0.6) is 5.75 Å². The van der Waals surface area contributed by atoms with E-state index in [9.17, 15) is 5.11 Å². The molecule has 0 aliphatic carbocycles. The molecule has 0 radical (unpaired) electrons. The maximum Gasteiger partial charge on any atom is 0.230 e. The summed E-state index contributed by atoms with van der Waals surface area (Å²) in [5, 5.41) is 22.4. The van der Waals surface area contributed by atoms with Crippen LogP contribution in [0.15, 0.2) is 42.5 Å². The SMILES string of the molecule is Cc1nc(Cc2c(O)cccc2Cl)nc(Nc2ccc(C#N)cc2)n1. The van der Waals surface area contributed by atoms with E-state index in [4.69, 9.17) is 16.9 Å². The second-order valence-corrected chi connectivity index (χ2v) is 5.76. The Kier molecular flexibility index (Phi) is 4.78. The molecule has 0 saturated heterocycles. The molecule has 6 nitrogen and oxygen atoms in total. The second kappa shape index (κ2) is 7.16. The Morgan fingerprint density at radius 2 is 1.88 bits per heavy atom. The molecule has 7 heteroatoms. The number of aryl methyl sites for hydroxylation is 1. The number of nitrogens with zero attached hydrogens (tertiary/aromatic N) is 4. The summed E-state index contributed by atoms with van der Waals surface area (Å²) >= 11 is 6.14. The standard InChI is InChI=1S/C18H14ClN5O/c1-11-21-17(9-14-15(19)3-2-4-16(14)25)24-18(22-11)23-13-7-5-12(10-20)6-8-13/h2-8,25H,9H2,1H3,(H,21,22,23,24). The van der Waals surface area contributed by atoms with Gasteiger partial charge in [-0.3, -0.25) is 0 Å². The molecular formula is C18H14ClN5O. The lowest BCUT2D eigenvalue weighted by Gasteiger charge is -2.09. The van der Waals surface area contributed by atoms with Crippen LogP contribution in [0.4, 0.5) is 11.6 Å². The van der Waals surface area contributed by atoms with Crippen molar-refractivity contribution in [1.82, 2.24) is 15.0 Å². The fourth-order valence-corrected chi connectivity index (χ4v) is 2.55. The number of nitrogens with one attached hydrogen (secondary N) is 1. The zero-order valence-corrected chi connectivity index (χ0v) is 14.1. The van der Waals surface area contributed by atoms with Crippen molar-refractivity contribution < 1.29 is 5.11 Å². The maximum atomic E-state index is 9.98. The minimum absolute atomic E-state index is 0.104. The number of benzene rings is 2. The molecule has 0 aliphatic heterocycles. The molecule has 0 aliphatic rings. The van der Waals surface area contributed by atoms with Gasteiger partial charge in [0.2, 0.25) is 5.95 Å². The summed E-state index contributed by atoms with van der Waals surface area (Å²) in [4.78, 5) is 13.0. The minimum atomic E-state index is 0.104. The summed E-state index contributed by atoms with van der Waals surface area (Å²) in [7, 11) is 0. The first-order chi connectivity index (χ1) is 12.0. The van der Waals surface area contributed by atoms with Gasteiger partial charge in [0.05, 0.1) is 11.6 Å². The van der Waals surface area contributed by atoms with E-state index >= 15 is 0 Å². The highest BCUT2D eigenvalue weighted by Crippen LogP contribution is 2.27. The monoisotopic (exact) mass is 351 g/mol. The Bertz CT molecular complexity index is 930. The van der Waals surface area contributed by atoms with E-state index in [1.807, 2.05) is 0 Å². The van der Waals surface area contributed by atoms with E-state index in [1.165, 1.54) is 0 Å². The average molecular weight is 352 g/mol. The van der Waals surface area contributed by atoms with Gasteiger partial charge < -0.3 is 10.4 Å². The number of rotatable bonds is 4. The second-order valence-electron chi connectivity index (χ2n) is 5.35. The van der Waals surface area contributed by atoms with E-state index < -0.39 is 0 Å². The molecule has 1 aromatic heterocycles. The van der Waals surface area contributed by atoms with Gasteiger partial charge in [-0.05, 0) is 43.3 Å². The molecule has 0 unspecified atom stereocenters. The summed E-state index contributed by atoms with van der Waals surface area (Å²) in [5.41, 5.74) is 1.91. The van der Waals surface area contributed by atoms with Crippen LogP contribution in [-0.4, -0.2) is 20.1 Å². The molecule has 124 valence electrons. The molecule has 0 saturated carbocycles. The van der Waals surface area contributed by atoms with Crippen molar-refractivity contribution >= 4 is 23.2 Å². The smallest absolute Gasteiger partial charge is 0.230 e. The number of hydrogen-bond acceptors (Lipinski definition) is 6. The third-order valence-corrected chi connectivity index (χ3v) is 3.85. The number of phenolic OH excluding ortho intramolecular Hbond substituents is 1. The zero-order chi connectivity index (χ0) is 17.8. The summed E-state index contributed by atoms with van der Waals surface area (Å²) < 4.78 is 0. The fraction of sp³-hybridized carbons (Fsp3) is 0.111. The number of anilines is 2. The normalized spacial score (nSPS) is 10.3. The lowest BCUT2D eigenvalue weighted by molar-refractivity contribution is 0.469. The largest absolute Gasteiger partial charge is 0.508 e. The zero-order valence-electron chi connectivity index (χ0n) is 13.4. The van der Waals surface area contributed by atoms with Crippen LogP contribution >= 0.6 is 11.6 Å². The van der Waals surface area contributed by atoms with Crippen molar-refractivity contribution in [2.24, 2.45) is 0 Å². The van der Waals surface area contributed by atoms with Crippen LogP contribution in [0.25, 0.3) is 0 Å². The molecule has 0 bridgehead atoms. The Labute approximate surface area is 149 Å². The van der Waals surface area contributed by atoms with Gasteiger partial charge in [0.1, 0.15) is 17.4 Å². The summed E-state index contributed by atoms with van der Waals surface area (Å²) in [6, 6.07) is 14.0. The van der Waals surface area contributed by atoms with E-state index in [-0.39, 0.29) is 12.2 Å². The molecule has 2 aromatic carbocycles. The van der Waals surface area contributed by atoms with Gasteiger partial charge in [-0.2, -0.15) is 15.2 Å². The minimum Gasteiger partial charge on any atom is -0.508 e. The van der Waals surface area contributed by atoms with Gasteiger partial charge in [0.25, 0.3) is 0 Å². The first kappa shape index (κ1) is 16.7. The summed E-state index contributed by atoms with van der Waals surface area (Å²) in [5.74, 6) is 1.53. The third-order valence-electron chi connectivity index (χ3n) is 3.49. The quantitative estimate of drug-likeness (QED) is 0.743. The highest BCUT2D eigenvalue weighted by atomic mass is 35.5. The molecule has 0 atom stereocenters. The molecular weight excluding hydrogens is 338 g/mol. The Morgan fingerprint density at radius 1 is 1.12 bits per heavy atom. The van der Waals surface area contributed by atoms with Gasteiger partial charge in [-0.25, -0.2) is 4.98 Å². The van der Waals surface area contributed by atoms with Crippen molar-refractivity contribution in [3.8, 4) is 11.8 Å². The molecule has 25 heavy (non-hydrogen) atoms. The van der Waals surface area contributed by atoms with Crippen molar-refractivity contribution in [2.75, 3.05) is 5.32 Å². The highest BCUT2D eigenvalue weighted by Gasteiger charge is 2.11. The van der Waals surface area contributed by atoms with E-state index in [1.54, 1.807) is 49.4 Å². The van der Waals surface area contributed by atoms with Crippen LogP contribution < -0.4 is 5.32 Å². The molecule has 3 rings (SSSR count). The van der Waals surface area contributed by atoms with Crippen molar-refractivity contribution in [1.29, 1.82) is 5.26 Å². The number of aromatic nitrogens is 3. The van der Waals surface area contributed by atoms with Gasteiger partial charge >= 0.3 is 0 Å². The Balaban J connectivity index is 1.86. The molecule has 0 amide bonds. The average Bonchev–Trinajstić information content (AvgIpc) is 2.58. The van der Waals surface area contributed by atoms with Crippen LogP contribution in [0, 0.1) is 18.3 Å². The van der Waals surface area contributed by atoms with Gasteiger partial charge in [0, 0.05) is 22.7 Å². The predicted octanol–water partition coefficient (Wildman–Crippen LogP) is 3.75. The molecule has 0 spiro atoms. The first-order valence-electron chi connectivity index (χ1n) is 7.50. The van der Waals surface area contributed by atoms with E-state index in [2.05, 4.69) is 26.3 Å². The van der Waals surface area contributed by atoms with Crippen LogP contribution in [0.1, 0.15) is 22.8 Å². The number of aromatic hydroxyl groups is 1. The van der Waals surface area contributed by atoms with Crippen LogP contribution in [0.2, 0.25) is 5.02 Å². The van der Waals surface area contributed by atoms with Crippen LogP contribution in [0.3, 0.4) is 0 Å². The number of nitriles is 1. The third kappa shape index (κ3) is 4.03. The maximum absolute atomic E-state index is 9.98. The highest BCUT2D eigenvalue weighted by molar-refractivity contribution is 6.31. The number of phenols is 1. The first-order valence-corrected chi connectivity index (χ1v) is 7.88. The predicted molar refractivity (Wildman–Crippen MR) is 94.9 cm³/mol. The number of halogens is 1. The topological polar surface area (TPSA) is 94.7 Å². The van der Waals surface area contributed by atoms with Gasteiger partial charge in [0.15, 0.2) is 0 Å². The Hall–Kier alpha value is -3.17. The van der Waals surface area contributed by atoms with Crippen molar-refractivity contribution in [3.63, 3.8) is 0 Å².